The highest BCUT2D eigenvalue weighted by Gasteiger charge is 2.21. The van der Waals surface area contributed by atoms with Crippen LogP contribution in [0.3, 0.4) is 0 Å². The summed E-state index contributed by atoms with van der Waals surface area (Å²) in [7, 11) is 3.00. The molecule has 6 nitrogen and oxygen atoms in total. The van der Waals surface area contributed by atoms with Gasteiger partial charge in [0.2, 0.25) is 11.8 Å². The van der Waals surface area contributed by atoms with E-state index < -0.39 is 0 Å². The number of hydrogen-bond donors (Lipinski definition) is 0. The van der Waals surface area contributed by atoms with Crippen LogP contribution in [0.4, 0.5) is 0 Å². The molecule has 0 aliphatic carbocycles. The topological polar surface area (TPSA) is 72.6 Å². The number of methoxy groups -OCH3 is 1. The van der Waals surface area contributed by atoms with Crippen molar-refractivity contribution in [1.82, 2.24) is 9.88 Å². The molecule has 1 heterocycles. The van der Waals surface area contributed by atoms with Crippen molar-refractivity contribution in [2.75, 3.05) is 20.7 Å². The number of nitrogens with zero attached hydrogens (tertiary/aromatic N) is 2. The summed E-state index contributed by atoms with van der Waals surface area (Å²) in [5, 5.41) is 0. The van der Waals surface area contributed by atoms with Crippen molar-refractivity contribution >= 4 is 11.9 Å². The molecule has 0 bridgehead atoms. The monoisotopic (exact) mass is 330 g/mol. The maximum Gasteiger partial charge on any atom is 0.310 e. The number of rotatable bonds is 6. The van der Waals surface area contributed by atoms with Gasteiger partial charge in [-0.25, -0.2) is 4.98 Å². The Labute approximate surface area is 141 Å². The maximum absolute atomic E-state index is 12.3. The number of amides is 1. The number of carbonyl (C=O) groups is 2. The average molecular weight is 330 g/mol. The first-order valence-electron chi connectivity index (χ1n) is 7.76. The smallest absolute Gasteiger partial charge is 0.310 e. The van der Waals surface area contributed by atoms with Crippen LogP contribution in [0.15, 0.2) is 34.7 Å². The Morgan fingerprint density at radius 1 is 1.29 bits per heavy atom. The Morgan fingerprint density at radius 3 is 2.58 bits per heavy atom. The summed E-state index contributed by atoms with van der Waals surface area (Å²) in [6, 6.07) is 9.53. The van der Waals surface area contributed by atoms with Crippen LogP contribution in [0.1, 0.15) is 18.4 Å². The number of aromatic nitrogens is 1. The lowest BCUT2D eigenvalue weighted by atomic mass is 10.1. The number of aryl methyl sites for hydroxylation is 1. The zero-order chi connectivity index (χ0) is 17.7. The van der Waals surface area contributed by atoms with Crippen LogP contribution in [0.5, 0.6) is 0 Å². The fraction of sp³-hybridized carbons (Fsp3) is 0.389. The van der Waals surface area contributed by atoms with Gasteiger partial charge in [-0.15, -0.1) is 0 Å². The number of esters is 1. The lowest BCUT2D eigenvalue weighted by Gasteiger charge is -2.19. The molecule has 128 valence electrons. The summed E-state index contributed by atoms with van der Waals surface area (Å²) in [6.07, 6.45) is 0.132. The van der Waals surface area contributed by atoms with Gasteiger partial charge in [0, 0.05) is 19.2 Å². The van der Waals surface area contributed by atoms with E-state index in [2.05, 4.69) is 9.72 Å². The van der Waals surface area contributed by atoms with Crippen molar-refractivity contribution in [3.63, 3.8) is 0 Å². The zero-order valence-electron chi connectivity index (χ0n) is 14.4. The number of hydrogen-bond acceptors (Lipinski definition) is 5. The van der Waals surface area contributed by atoms with E-state index in [0.29, 0.717) is 23.9 Å². The molecule has 0 N–H and O–H groups in total. The number of carbonyl (C=O) groups excluding carboxylic acids is 2. The molecule has 24 heavy (non-hydrogen) atoms. The van der Waals surface area contributed by atoms with Gasteiger partial charge in [0.1, 0.15) is 5.76 Å². The Morgan fingerprint density at radius 2 is 1.96 bits per heavy atom. The second-order valence-corrected chi connectivity index (χ2v) is 5.76. The lowest BCUT2D eigenvalue weighted by molar-refractivity contribution is -0.146. The molecule has 1 atom stereocenters. The summed E-state index contributed by atoms with van der Waals surface area (Å²) in [6.45, 7) is 3.82. The summed E-state index contributed by atoms with van der Waals surface area (Å²) in [4.78, 5) is 29.7. The molecular weight excluding hydrogens is 308 g/mol. The van der Waals surface area contributed by atoms with Crippen molar-refractivity contribution in [2.24, 2.45) is 5.92 Å². The van der Waals surface area contributed by atoms with Crippen LogP contribution >= 0.6 is 0 Å². The zero-order valence-corrected chi connectivity index (χ0v) is 14.4. The van der Waals surface area contributed by atoms with E-state index in [1.807, 2.05) is 30.3 Å². The molecule has 1 amide bonds. The van der Waals surface area contributed by atoms with Crippen LogP contribution in [0, 0.1) is 12.8 Å². The number of oxazole rings is 1. The molecule has 0 aliphatic heterocycles. The molecule has 0 fully saturated rings. The minimum Gasteiger partial charge on any atom is -0.469 e. The van der Waals surface area contributed by atoms with Gasteiger partial charge in [-0.2, -0.15) is 0 Å². The van der Waals surface area contributed by atoms with Crippen LogP contribution in [0.2, 0.25) is 0 Å². The number of ether oxygens (including phenoxy) is 1. The predicted molar refractivity (Wildman–Crippen MR) is 89.2 cm³/mol. The molecule has 2 rings (SSSR count). The fourth-order valence-corrected chi connectivity index (χ4v) is 2.36. The highest BCUT2D eigenvalue weighted by atomic mass is 16.5. The second kappa shape index (κ2) is 7.77. The number of likely N-dealkylation sites (N-methyl/N-ethyl adjacent to an activating group) is 1. The summed E-state index contributed by atoms with van der Waals surface area (Å²) in [5.74, 6) is 0.292. The van der Waals surface area contributed by atoms with Crippen molar-refractivity contribution in [2.45, 2.75) is 20.3 Å². The van der Waals surface area contributed by atoms with Gasteiger partial charge in [0.25, 0.3) is 0 Å². The molecular formula is C18H22N2O4. The van der Waals surface area contributed by atoms with Crippen molar-refractivity contribution in [3.8, 4) is 11.5 Å². The van der Waals surface area contributed by atoms with Crippen LogP contribution < -0.4 is 0 Å². The molecule has 1 aromatic carbocycles. The maximum atomic E-state index is 12.3. The third-order valence-corrected chi connectivity index (χ3v) is 3.81. The van der Waals surface area contributed by atoms with Crippen LogP contribution in [0.25, 0.3) is 11.5 Å². The van der Waals surface area contributed by atoms with Crippen molar-refractivity contribution < 1.29 is 18.7 Å². The Bertz CT molecular complexity index is 709. The fourth-order valence-electron chi connectivity index (χ4n) is 2.36. The molecule has 0 radical (unpaired) electrons. The van der Waals surface area contributed by atoms with Gasteiger partial charge in [-0.1, -0.05) is 25.1 Å². The highest BCUT2D eigenvalue weighted by molar-refractivity contribution is 5.79. The summed E-state index contributed by atoms with van der Waals surface area (Å²) in [5.41, 5.74) is 1.48. The van der Waals surface area contributed by atoms with E-state index in [1.54, 1.807) is 20.9 Å². The average Bonchev–Trinajstić information content (AvgIpc) is 2.95. The Kier molecular flexibility index (Phi) is 5.73. The van der Waals surface area contributed by atoms with Crippen molar-refractivity contribution in [3.05, 3.63) is 41.8 Å². The quantitative estimate of drug-likeness (QED) is 0.761. The van der Waals surface area contributed by atoms with Crippen molar-refractivity contribution in [1.29, 1.82) is 0 Å². The molecule has 1 unspecified atom stereocenters. The van der Waals surface area contributed by atoms with Gasteiger partial charge >= 0.3 is 5.97 Å². The first-order chi connectivity index (χ1) is 11.4. The second-order valence-electron chi connectivity index (χ2n) is 5.76. The van der Waals surface area contributed by atoms with Gasteiger partial charge in [0.05, 0.1) is 25.1 Å². The van der Waals surface area contributed by atoms with Crippen LogP contribution in [-0.4, -0.2) is 42.5 Å². The van der Waals surface area contributed by atoms with Gasteiger partial charge in [-0.05, 0) is 19.1 Å². The SMILES string of the molecule is COC(=O)C(C)CN(C)C(=O)Cc1nc(-c2ccccc2)oc1C. The standard InChI is InChI=1S/C18H22N2O4/c1-12(18(22)23-4)11-20(3)16(21)10-15-13(2)24-17(19-15)14-8-6-5-7-9-14/h5-9,12H,10-11H2,1-4H3. The molecule has 6 heteroatoms. The molecule has 2 aromatic rings. The number of benzene rings is 1. The van der Waals surface area contributed by atoms with Gasteiger partial charge in [-0.3, -0.25) is 9.59 Å². The molecule has 1 aromatic heterocycles. The summed E-state index contributed by atoms with van der Waals surface area (Å²) >= 11 is 0. The molecule has 0 saturated heterocycles. The first-order valence-corrected chi connectivity index (χ1v) is 7.76. The van der Waals surface area contributed by atoms with E-state index in [1.165, 1.54) is 12.0 Å². The minimum absolute atomic E-state index is 0.123. The lowest BCUT2D eigenvalue weighted by Crippen LogP contribution is -2.35. The van der Waals surface area contributed by atoms with Crippen LogP contribution in [-0.2, 0) is 20.7 Å². The third kappa shape index (κ3) is 4.22. The van der Waals surface area contributed by atoms with E-state index in [0.717, 1.165) is 5.56 Å². The minimum atomic E-state index is -0.373. The van der Waals surface area contributed by atoms with E-state index in [-0.39, 0.29) is 24.2 Å². The summed E-state index contributed by atoms with van der Waals surface area (Å²) < 4.78 is 10.3. The van der Waals surface area contributed by atoms with Gasteiger partial charge < -0.3 is 14.1 Å². The molecule has 0 spiro atoms. The molecule has 0 aliphatic rings. The first kappa shape index (κ1) is 17.7. The molecule has 0 saturated carbocycles. The Balaban J connectivity index is 2.04. The highest BCUT2D eigenvalue weighted by Crippen LogP contribution is 2.22. The van der Waals surface area contributed by atoms with E-state index in [4.69, 9.17) is 4.42 Å². The third-order valence-electron chi connectivity index (χ3n) is 3.81. The normalized spacial score (nSPS) is 11.8. The van der Waals surface area contributed by atoms with E-state index >= 15 is 0 Å². The largest absolute Gasteiger partial charge is 0.469 e. The van der Waals surface area contributed by atoms with Gasteiger partial charge in [0.15, 0.2) is 0 Å². The predicted octanol–water partition coefficient (Wildman–Crippen LogP) is 2.46. The Hall–Kier alpha value is -2.63. The van der Waals surface area contributed by atoms with E-state index in [9.17, 15) is 9.59 Å².